The smallest absolute Gasteiger partial charge is 0.239 e. The molecule has 0 unspecified atom stereocenters. The van der Waals surface area contributed by atoms with Crippen LogP contribution < -0.4 is 4.90 Å². The number of carbonyl (C=O) groups excluding carboxylic acids is 2. The van der Waals surface area contributed by atoms with Crippen LogP contribution in [0.2, 0.25) is 0 Å². The number of hydrogen-bond acceptors (Lipinski definition) is 5. The van der Waals surface area contributed by atoms with Gasteiger partial charge in [-0.1, -0.05) is 12.1 Å². The van der Waals surface area contributed by atoms with Crippen LogP contribution in [0.15, 0.2) is 35.7 Å². The standard InChI is InChI=1S/C20H21FN2O2S2/c1-3-10-23(20-22-16-6-4-5-7-18(16)27-20)19(25)12-26-17-9-8-14(13(2)24)11-15(17)21/h3,8-9,11H,1,4-7,10,12H2,2H3. The number of anilines is 1. The summed E-state index contributed by atoms with van der Waals surface area (Å²) in [7, 11) is 0. The zero-order valence-electron chi connectivity index (χ0n) is 15.2. The first-order valence-corrected chi connectivity index (χ1v) is 10.6. The lowest BCUT2D eigenvalue weighted by molar-refractivity contribution is -0.116. The van der Waals surface area contributed by atoms with E-state index in [0.717, 1.165) is 43.1 Å². The average molecular weight is 405 g/mol. The van der Waals surface area contributed by atoms with Crippen LogP contribution >= 0.6 is 23.1 Å². The Morgan fingerprint density at radius 1 is 1.37 bits per heavy atom. The van der Waals surface area contributed by atoms with Crippen LogP contribution in [-0.2, 0) is 17.6 Å². The SMILES string of the molecule is C=CCN(C(=O)CSc1ccc(C(C)=O)cc1F)c1nc2c(s1)CCCC2. The van der Waals surface area contributed by atoms with Crippen molar-refractivity contribution < 1.29 is 14.0 Å². The number of benzene rings is 1. The first kappa shape index (κ1) is 19.8. The van der Waals surface area contributed by atoms with Crippen molar-refractivity contribution in [2.75, 3.05) is 17.2 Å². The Balaban J connectivity index is 1.71. The van der Waals surface area contributed by atoms with E-state index < -0.39 is 5.82 Å². The summed E-state index contributed by atoms with van der Waals surface area (Å²) in [6.45, 7) is 5.50. The molecule has 1 aromatic heterocycles. The summed E-state index contributed by atoms with van der Waals surface area (Å²) in [6, 6.07) is 4.34. The van der Waals surface area contributed by atoms with E-state index in [0.29, 0.717) is 22.1 Å². The van der Waals surface area contributed by atoms with Crippen molar-refractivity contribution in [1.82, 2.24) is 4.98 Å². The fourth-order valence-corrected chi connectivity index (χ4v) is 4.89. The number of thiazole rings is 1. The molecule has 3 rings (SSSR count). The van der Waals surface area contributed by atoms with Crippen LogP contribution in [0.4, 0.5) is 9.52 Å². The van der Waals surface area contributed by atoms with Gasteiger partial charge in [-0.25, -0.2) is 9.37 Å². The Morgan fingerprint density at radius 3 is 2.81 bits per heavy atom. The number of ketones is 1. The zero-order valence-corrected chi connectivity index (χ0v) is 16.8. The summed E-state index contributed by atoms with van der Waals surface area (Å²) in [5.74, 6) is -0.720. The zero-order chi connectivity index (χ0) is 19.4. The largest absolute Gasteiger partial charge is 0.295 e. The van der Waals surface area contributed by atoms with Crippen LogP contribution in [0.3, 0.4) is 0 Å². The van der Waals surface area contributed by atoms with E-state index in [2.05, 4.69) is 11.6 Å². The molecule has 0 aliphatic heterocycles. The Kier molecular flexibility index (Phi) is 6.44. The molecule has 1 amide bonds. The molecule has 0 saturated carbocycles. The number of aromatic nitrogens is 1. The number of thioether (sulfide) groups is 1. The van der Waals surface area contributed by atoms with Crippen molar-refractivity contribution in [3.05, 3.63) is 52.8 Å². The molecule has 0 saturated heterocycles. The Morgan fingerprint density at radius 2 is 2.15 bits per heavy atom. The summed E-state index contributed by atoms with van der Waals surface area (Å²) >= 11 is 2.69. The van der Waals surface area contributed by atoms with Crippen molar-refractivity contribution in [2.45, 2.75) is 37.5 Å². The molecule has 1 heterocycles. The highest BCUT2D eigenvalue weighted by Gasteiger charge is 2.22. The Hall–Kier alpha value is -1.99. The molecule has 0 bridgehead atoms. The number of Topliss-reactive ketones (excluding diaryl/α,β-unsaturated/α-hetero) is 1. The summed E-state index contributed by atoms with van der Waals surface area (Å²) < 4.78 is 14.2. The molecule has 142 valence electrons. The number of rotatable bonds is 7. The van der Waals surface area contributed by atoms with Crippen molar-refractivity contribution in [3.63, 3.8) is 0 Å². The van der Waals surface area contributed by atoms with Crippen LogP contribution in [0.5, 0.6) is 0 Å². The lowest BCUT2D eigenvalue weighted by atomic mass is 10.0. The van der Waals surface area contributed by atoms with Crippen LogP contribution in [-0.4, -0.2) is 29.0 Å². The molecular formula is C20H21FN2O2S2. The first-order chi connectivity index (χ1) is 13.0. The number of nitrogens with zero attached hydrogens (tertiary/aromatic N) is 2. The summed E-state index contributed by atoms with van der Waals surface area (Å²) in [6.07, 6.45) is 5.95. The fraction of sp³-hybridized carbons (Fsp3) is 0.350. The Labute approximate surface area is 166 Å². The monoisotopic (exact) mass is 404 g/mol. The maximum Gasteiger partial charge on any atom is 0.239 e. The molecule has 0 N–H and O–H groups in total. The van der Waals surface area contributed by atoms with Gasteiger partial charge >= 0.3 is 0 Å². The summed E-state index contributed by atoms with van der Waals surface area (Å²) in [5, 5.41) is 0.694. The van der Waals surface area contributed by atoms with E-state index in [1.165, 1.54) is 17.9 Å². The molecule has 2 aromatic rings. The quantitative estimate of drug-likeness (QED) is 0.382. The third kappa shape index (κ3) is 4.65. The molecule has 0 atom stereocenters. The lowest BCUT2D eigenvalue weighted by Crippen LogP contribution is -2.32. The van der Waals surface area contributed by atoms with Gasteiger partial charge in [0.2, 0.25) is 5.91 Å². The number of fused-ring (bicyclic) bond motifs is 1. The summed E-state index contributed by atoms with van der Waals surface area (Å²) in [5.41, 5.74) is 1.42. The number of halogens is 1. The maximum atomic E-state index is 14.2. The summed E-state index contributed by atoms with van der Waals surface area (Å²) in [4.78, 5) is 32.0. The van der Waals surface area contributed by atoms with Gasteiger partial charge in [-0.05, 0) is 44.7 Å². The van der Waals surface area contributed by atoms with Crippen LogP contribution in [0.25, 0.3) is 0 Å². The van der Waals surface area contributed by atoms with Crippen molar-refractivity contribution >= 4 is 39.9 Å². The van der Waals surface area contributed by atoms with E-state index >= 15 is 0 Å². The van der Waals surface area contributed by atoms with E-state index in [-0.39, 0.29) is 17.4 Å². The molecule has 1 aliphatic rings. The molecule has 1 aliphatic carbocycles. The molecule has 27 heavy (non-hydrogen) atoms. The molecule has 0 fully saturated rings. The predicted octanol–water partition coefficient (Wildman–Crippen LogP) is 4.67. The highest BCUT2D eigenvalue weighted by atomic mass is 32.2. The minimum Gasteiger partial charge on any atom is -0.295 e. The second kappa shape index (κ2) is 8.80. The van der Waals surface area contributed by atoms with E-state index in [1.54, 1.807) is 34.4 Å². The van der Waals surface area contributed by atoms with Crippen LogP contribution in [0.1, 0.15) is 40.7 Å². The second-order valence-corrected chi connectivity index (χ2v) is 8.44. The number of hydrogen-bond donors (Lipinski definition) is 0. The van der Waals surface area contributed by atoms with Crippen molar-refractivity contribution in [2.24, 2.45) is 0 Å². The molecule has 7 heteroatoms. The van der Waals surface area contributed by atoms with Crippen LogP contribution in [0, 0.1) is 5.82 Å². The normalized spacial score (nSPS) is 13.1. The minimum atomic E-state index is -0.486. The second-order valence-electron chi connectivity index (χ2n) is 6.36. The van der Waals surface area contributed by atoms with Gasteiger partial charge in [-0.15, -0.1) is 29.7 Å². The number of aryl methyl sites for hydroxylation is 2. The molecule has 0 spiro atoms. The predicted molar refractivity (Wildman–Crippen MR) is 108 cm³/mol. The molecule has 0 radical (unpaired) electrons. The average Bonchev–Trinajstić information content (AvgIpc) is 3.08. The first-order valence-electron chi connectivity index (χ1n) is 8.82. The van der Waals surface area contributed by atoms with Crippen molar-refractivity contribution in [3.8, 4) is 0 Å². The number of amides is 1. The van der Waals surface area contributed by atoms with Crippen molar-refractivity contribution in [1.29, 1.82) is 0 Å². The van der Waals surface area contributed by atoms with Gasteiger partial charge in [-0.3, -0.25) is 14.5 Å². The van der Waals surface area contributed by atoms with Gasteiger partial charge < -0.3 is 0 Å². The van der Waals surface area contributed by atoms with E-state index in [9.17, 15) is 14.0 Å². The highest BCUT2D eigenvalue weighted by Crippen LogP contribution is 2.32. The van der Waals surface area contributed by atoms with Gasteiger partial charge in [0.25, 0.3) is 0 Å². The van der Waals surface area contributed by atoms with E-state index in [1.807, 2.05) is 0 Å². The third-order valence-corrected chi connectivity index (χ3v) is 6.58. The number of carbonyl (C=O) groups is 2. The fourth-order valence-electron chi connectivity index (χ4n) is 2.92. The molecular weight excluding hydrogens is 383 g/mol. The maximum absolute atomic E-state index is 14.2. The molecule has 4 nitrogen and oxygen atoms in total. The van der Waals surface area contributed by atoms with Gasteiger partial charge in [0, 0.05) is 21.9 Å². The van der Waals surface area contributed by atoms with E-state index in [4.69, 9.17) is 0 Å². The van der Waals surface area contributed by atoms with Gasteiger partial charge in [0.15, 0.2) is 10.9 Å². The topological polar surface area (TPSA) is 50.3 Å². The molecule has 1 aromatic carbocycles. The van der Waals surface area contributed by atoms with Gasteiger partial charge in [-0.2, -0.15) is 0 Å². The minimum absolute atomic E-state index is 0.0917. The lowest BCUT2D eigenvalue weighted by Gasteiger charge is -2.18. The highest BCUT2D eigenvalue weighted by molar-refractivity contribution is 8.00. The van der Waals surface area contributed by atoms with Gasteiger partial charge in [0.05, 0.1) is 11.4 Å². The Bertz CT molecular complexity index is 855. The third-order valence-electron chi connectivity index (χ3n) is 4.37. The van der Waals surface area contributed by atoms with Gasteiger partial charge in [0.1, 0.15) is 5.82 Å².